The molecule has 9 rings (SSSR count). The van der Waals surface area contributed by atoms with Crippen LogP contribution in [-0.4, -0.2) is 113 Å². The number of aryl methyl sites for hydroxylation is 1. The number of likely N-dealkylation sites (tertiary alicyclic amines) is 1. The predicted octanol–water partition coefficient (Wildman–Crippen LogP) is 4.33. The van der Waals surface area contributed by atoms with Gasteiger partial charge in [-0.3, -0.25) is 29.4 Å². The van der Waals surface area contributed by atoms with Crippen molar-refractivity contribution in [2.24, 2.45) is 12.5 Å². The molecular weight excluding hydrogens is 813 g/mol. The average Bonchev–Trinajstić information content (AvgIpc) is 3.51. The van der Waals surface area contributed by atoms with Gasteiger partial charge in [0.25, 0.3) is 0 Å². The van der Waals surface area contributed by atoms with Gasteiger partial charge in [0.15, 0.2) is 17.4 Å². The minimum atomic E-state index is -4.15. The molecule has 5 heterocycles. The minimum Gasteiger partial charge on any atom is -0.453 e. The molecule has 17 nitrogen and oxygen atoms in total. The Labute approximate surface area is 349 Å². The fraction of sp³-hybridized carbons (Fsp3) is 0.415. The van der Waals surface area contributed by atoms with Crippen molar-refractivity contribution in [2.75, 3.05) is 67.4 Å². The molecule has 318 valence electrons. The van der Waals surface area contributed by atoms with Crippen LogP contribution in [0.25, 0.3) is 21.9 Å². The molecule has 5 aromatic rings. The van der Waals surface area contributed by atoms with E-state index >= 15 is 8.78 Å². The Hall–Kier alpha value is -6.01. The third-order valence-corrected chi connectivity index (χ3v) is 13.9. The molecule has 61 heavy (non-hydrogen) atoms. The zero-order valence-electron chi connectivity index (χ0n) is 33.4. The molecule has 1 spiro atoms. The maximum Gasteiger partial charge on any atom is 0.329 e. The van der Waals surface area contributed by atoms with Crippen molar-refractivity contribution in [3.05, 3.63) is 71.6 Å². The highest BCUT2D eigenvalue weighted by Gasteiger charge is 2.54. The van der Waals surface area contributed by atoms with Crippen molar-refractivity contribution in [1.82, 2.24) is 34.3 Å². The van der Waals surface area contributed by atoms with Crippen molar-refractivity contribution in [1.29, 1.82) is 5.26 Å². The Bertz CT molecular complexity index is 2740. The Morgan fingerprint density at radius 1 is 1.07 bits per heavy atom. The number of nitrogens with zero attached hydrogens (tertiary/aromatic N) is 9. The summed E-state index contributed by atoms with van der Waals surface area (Å²) in [5.41, 5.74) is 2.81. The number of fused-ring (bicyclic) bond motifs is 2. The van der Waals surface area contributed by atoms with E-state index in [0.29, 0.717) is 39.5 Å². The lowest BCUT2D eigenvalue weighted by molar-refractivity contribution is -0.120. The summed E-state index contributed by atoms with van der Waals surface area (Å²) in [5, 5.41) is 26.4. The molecule has 1 saturated carbocycles. The number of carbonyl (C=O) groups is 2. The standard InChI is InChI=1S/C41H43F2N11O6S/c1-50(13-14-55)61(58,59)49-31-6-4-29(42)38(28(31)20-44)60-26-3-5-32-33(15-26)46-34(21-45-32)24-7-10-52(11-8-24)25-18-41(19-25)22-53(23-41)36-17-35-27(16-30(36)43)39(48-51(35)2)54-12-9-37(56)47-40(54)57/h3-6,15-17,21,24-25,49,55H,7-14,18-19,22-23H2,1-2H3,(H,47,56,57). The van der Waals surface area contributed by atoms with Gasteiger partial charge in [0, 0.05) is 81.7 Å². The van der Waals surface area contributed by atoms with E-state index in [2.05, 4.69) is 29.9 Å². The summed E-state index contributed by atoms with van der Waals surface area (Å²) in [7, 11) is -1.13. The number of benzene rings is 3. The lowest BCUT2D eigenvalue weighted by atomic mass is 9.60. The van der Waals surface area contributed by atoms with E-state index in [-0.39, 0.29) is 59.6 Å². The molecule has 4 fully saturated rings. The van der Waals surface area contributed by atoms with Crippen LogP contribution in [0.1, 0.15) is 49.3 Å². The Morgan fingerprint density at radius 3 is 2.56 bits per heavy atom. The van der Waals surface area contributed by atoms with Crippen molar-refractivity contribution in [2.45, 2.75) is 44.1 Å². The summed E-state index contributed by atoms with van der Waals surface area (Å²) in [6, 6.07) is 12.0. The monoisotopic (exact) mass is 855 g/mol. The predicted molar refractivity (Wildman–Crippen MR) is 220 cm³/mol. The van der Waals surface area contributed by atoms with Gasteiger partial charge < -0.3 is 19.6 Å². The Kier molecular flexibility index (Phi) is 10.2. The van der Waals surface area contributed by atoms with Crippen molar-refractivity contribution >= 4 is 61.3 Å². The maximum absolute atomic E-state index is 15.6. The smallest absolute Gasteiger partial charge is 0.329 e. The Balaban J connectivity index is 0.811. The van der Waals surface area contributed by atoms with Crippen molar-refractivity contribution in [3.8, 4) is 17.6 Å². The minimum absolute atomic E-state index is 0.145. The fourth-order valence-electron chi connectivity index (χ4n) is 9.12. The number of hydrogen-bond donors (Lipinski definition) is 3. The molecule has 2 aromatic heterocycles. The van der Waals surface area contributed by atoms with Crippen LogP contribution in [0.15, 0.2) is 48.7 Å². The molecule has 1 aliphatic carbocycles. The average molecular weight is 856 g/mol. The molecule has 0 bridgehead atoms. The molecule has 3 N–H and O–H groups in total. The largest absolute Gasteiger partial charge is 0.453 e. The summed E-state index contributed by atoms with van der Waals surface area (Å²) in [5.74, 6) is -1.33. The highest BCUT2D eigenvalue weighted by atomic mass is 32.2. The topological polar surface area (TPSA) is 202 Å². The molecular formula is C41H43F2N11O6S. The fourth-order valence-corrected chi connectivity index (χ4v) is 10.0. The van der Waals surface area contributed by atoms with Gasteiger partial charge >= 0.3 is 16.2 Å². The second kappa shape index (κ2) is 15.5. The lowest BCUT2D eigenvalue weighted by Gasteiger charge is -2.62. The number of rotatable bonds is 11. The molecule has 0 radical (unpaired) electrons. The molecule has 4 aliphatic rings. The third kappa shape index (κ3) is 7.45. The van der Waals surface area contributed by atoms with Crippen molar-refractivity contribution < 1.29 is 36.6 Å². The summed E-state index contributed by atoms with van der Waals surface area (Å²) < 4.78 is 66.7. The van der Waals surface area contributed by atoms with Gasteiger partial charge in [-0.05, 0) is 75.2 Å². The quantitative estimate of drug-likeness (QED) is 0.170. The second-order valence-electron chi connectivity index (χ2n) is 16.4. The molecule has 3 amide bonds. The number of urea groups is 1. The van der Waals surface area contributed by atoms with Crippen LogP contribution >= 0.6 is 0 Å². The number of imide groups is 1. The number of aliphatic hydroxyl groups is 1. The zero-order valence-corrected chi connectivity index (χ0v) is 34.3. The number of aliphatic hydroxyl groups excluding tert-OH is 1. The van der Waals surface area contributed by atoms with Crippen molar-refractivity contribution in [3.63, 3.8) is 0 Å². The van der Waals surface area contributed by atoms with E-state index in [0.717, 1.165) is 74.0 Å². The van der Waals surface area contributed by atoms with E-state index in [1.165, 1.54) is 18.0 Å². The van der Waals surface area contributed by atoms with Crippen LogP contribution in [-0.2, 0) is 22.1 Å². The highest BCUT2D eigenvalue weighted by molar-refractivity contribution is 7.90. The van der Waals surface area contributed by atoms with Gasteiger partial charge in [0.2, 0.25) is 5.91 Å². The van der Waals surface area contributed by atoms with Gasteiger partial charge in [-0.25, -0.2) is 18.6 Å². The number of amides is 3. The molecule has 3 aliphatic heterocycles. The molecule has 20 heteroatoms. The number of nitrogens with one attached hydrogen (secondary N) is 2. The number of nitriles is 1. The van der Waals surface area contributed by atoms with Gasteiger partial charge in [-0.2, -0.15) is 23.1 Å². The van der Waals surface area contributed by atoms with E-state index in [4.69, 9.17) is 14.8 Å². The maximum atomic E-state index is 15.6. The van der Waals surface area contributed by atoms with Crippen LogP contribution in [0.4, 0.5) is 30.8 Å². The highest BCUT2D eigenvalue weighted by Crippen LogP contribution is 2.53. The number of carbonyl (C=O) groups excluding carboxylic acids is 2. The van der Waals surface area contributed by atoms with Gasteiger partial charge in [0.1, 0.15) is 23.2 Å². The molecule has 3 saturated heterocycles. The first-order valence-corrected chi connectivity index (χ1v) is 21.5. The third-order valence-electron chi connectivity index (χ3n) is 12.4. The van der Waals surface area contributed by atoms with E-state index in [1.807, 2.05) is 6.07 Å². The summed E-state index contributed by atoms with van der Waals surface area (Å²) in [6.45, 7) is 2.92. The van der Waals surface area contributed by atoms with Gasteiger partial charge in [0.05, 0.1) is 40.2 Å². The number of aromatic nitrogens is 4. The first-order valence-electron chi connectivity index (χ1n) is 20.0. The number of hydrogen-bond acceptors (Lipinski definition) is 12. The number of anilines is 3. The van der Waals surface area contributed by atoms with Crippen LogP contribution in [0, 0.1) is 28.4 Å². The normalized spacial score (nSPS) is 18.7. The molecule has 0 atom stereocenters. The van der Waals surface area contributed by atoms with Crippen LogP contribution in [0.3, 0.4) is 0 Å². The first kappa shape index (κ1) is 40.4. The number of halogens is 2. The summed E-state index contributed by atoms with van der Waals surface area (Å²) >= 11 is 0. The zero-order chi connectivity index (χ0) is 42.8. The van der Waals surface area contributed by atoms with E-state index in [9.17, 15) is 23.3 Å². The van der Waals surface area contributed by atoms with Crippen LogP contribution in [0.5, 0.6) is 11.5 Å². The van der Waals surface area contributed by atoms with Crippen LogP contribution in [0.2, 0.25) is 0 Å². The van der Waals surface area contributed by atoms with Gasteiger partial charge in [-0.15, -0.1) is 0 Å². The van der Waals surface area contributed by atoms with E-state index in [1.54, 1.807) is 42.2 Å². The Morgan fingerprint density at radius 2 is 1.84 bits per heavy atom. The number of piperidine rings is 1. The summed E-state index contributed by atoms with van der Waals surface area (Å²) in [4.78, 5) is 39.7. The number of ether oxygens (including phenoxy) is 1. The SMILES string of the molecule is CN(CCO)S(=O)(=O)Nc1ccc(F)c(Oc2ccc3ncc(C4CCN(C5CC6(C5)CN(c5cc7c(cc5F)c(N5CCC(=O)NC5=O)nn7C)C6)CC4)nc3c2)c1C#N. The molecule has 0 unspecified atom stereocenters. The molecule has 3 aromatic carbocycles. The lowest BCUT2D eigenvalue weighted by Crippen LogP contribution is -2.67. The number of likely N-dealkylation sites (N-methyl/N-ethyl adjacent to an activating group) is 1. The van der Waals surface area contributed by atoms with E-state index < -0.39 is 34.4 Å². The second-order valence-corrected chi connectivity index (χ2v) is 18.1. The van der Waals surface area contributed by atoms with Crippen LogP contribution < -0.4 is 24.6 Å². The first-order chi connectivity index (χ1) is 29.2. The van der Waals surface area contributed by atoms with Gasteiger partial charge in [-0.1, -0.05) is 0 Å². The summed E-state index contributed by atoms with van der Waals surface area (Å²) in [6.07, 6.45) is 5.81.